The normalized spacial score (nSPS) is 21.9. The number of nitrogens with zero attached hydrogens (tertiary/aromatic N) is 2. The number of hydrogen-bond acceptors (Lipinski definition) is 2. The van der Waals surface area contributed by atoms with Crippen LogP contribution in [0.5, 0.6) is 0 Å². The van der Waals surface area contributed by atoms with Gasteiger partial charge in [0.1, 0.15) is 0 Å². The maximum atomic E-state index is 5.89. The first-order valence-corrected chi connectivity index (χ1v) is 10.3. The van der Waals surface area contributed by atoms with E-state index in [1.807, 2.05) is 0 Å². The molecule has 3 nitrogen and oxygen atoms in total. The Morgan fingerprint density at radius 1 is 1.15 bits per heavy atom. The number of hydrogen-bond donors (Lipinski definition) is 1. The molecule has 0 amide bonds. The quantitative estimate of drug-likeness (QED) is 0.730. The van der Waals surface area contributed by atoms with Gasteiger partial charge in [-0.1, -0.05) is 43.7 Å². The molecule has 0 saturated carbocycles. The zero-order valence-corrected chi connectivity index (χ0v) is 17.5. The fraction of sp³-hybridized carbons (Fsp3) is 0.435. The standard InChI is InChI=1S/C23H29N3S/c1-15(2)17-6-8-18(9-7-17)24-23(27)26-21-10-5-16(3)13-19(21)20-14-25(4)12-11-22(20)26/h5-10,13,15,20,22H,11-12,14H2,1-4H3,(H,24,27). The lowest BCUT2D eigenvalue weighted by Gasteiger charge is -2.37. The van der Waals surface area contributed by atoms with Gasteiger partial charge >= 0.3 is 0 Å². The van der Waals surface area contributed by atoms with Gasteiger partial charge in [-0.2, -0.15) is 0 Å². The third-order valence-electron chi connectivity index (χ3n) is 6.00. The SMILES string of the molecule is Cc1ccc2c(c1)C1CN(C)CCC1N2C(=S)Nc1ccc(C(C)C)cc1. The minimum Gasteiger partial charge on any atom is -0.332 e. The van der Waals surface area contributed by atoms with Gasteiger partial charge in [0.2, 0.25) is 0 Å². The summed E-state index contributed by atoms with van der Waals surface area (Å²) >= 11 is 5.89. The lowest BCUT2D eigenvalue weighted by atomic mass is 9.89. The Labute approximate surface area is 168 Å². The van der Waals surface area contributed by atoms with Crippen molar-refractivity contribution in [3.8, 4) is 0 Å². The zero-order valence-electron chi connectivity index (χ0n) is 16.7. The van der Waals surface area contributed by atoms with Crippen molar-refractivity contribution >= 4 is 28.7 Å². The van der Waals surface area contributed by atoms with Crippen LogP contribution in [0.2, 0.25) is 0 Å². The molecule has 2 aliphatic heterocycles. The van der Waals surface area contributed by atoms with Crippen LogP contribution in [0.15, 0.2) is 42.5 Å². The van der Waals surface area contributed by atoms with E-state index in [4.69, 9.17) is 12.2 Å². The highest BCUT2D eigenvalue weighted by Gasteiger charge is 2.42. The first-order valence-electron chi connectivity index (χ1n) is 9.93. The molecule has 2 aliphatic rings. The molecule has 1 N–H and O–H groups in total. The minimum absolute atomic E-state index is 0.452. The summed E-state index contributed by atoms with van der Waals surface area (Å²) in [5.74, 6) is 1.07. The lowest BCUT2D eigenvalue weighted by Crippen LogP contribution is -2.48. The summed E-state index contributed by atoms with van der Waals surface area (Å²) in [6.07, 6.45) is 1.14. The molecule has 2 aromatic carbocycles. The van der Waals surface area contributed by atoms with Crippen LogP contribution in [0.25, 0.3) is 0 Å². The monoisotopic (exact) mass is 379 g/mol. The summed E-state index contributed by atoms with van der Waals surface area (Å²) in [7, 11) is 2.22. The molecular weight excluding hydrogens is 350 g/mol. The molecule has 4 heteroatoms. The Kier molecular flexibility index (Phi) is 4.95. The van der Waals surface area contributed by atoms with Gasteiger partial charge < -0.3 is 15.1 Å². The Bertz CT molecular complexity index is 843. The van der Waals surface area contributed by atoms with Crippen molar-refractivity contribution in [2.45, 2.75) is 45.1 Å². The molecular formula is C23H29N3S. The highest BCUT2D eigenvalue weighted by molar-refractivity contribution is 7.80. The first kappa shape index (κ1) is 18.5. The van der Waals surface area contributed by atoms with Gasteiger partial charge in [0, 0.05) is 29.9 Å². The third-order valence-corrected chi connectivity index (χ3v) is 6.30. The smallest absolute Gasteiger partial charge is 0.178 e. The molecule has 0 spiro atoms. The molecule has 0 bridgehead atoms. The zero-order chi connectivity index (χ0) is 19.1. The Morgan fingerprint density at radius 3 is 2.59 bits per heavy atom. The van der Waals surface area contributed by atoms with Gasteiger partial charge in [-0.25, -0.2) is 0 Å². The van der Waals surface area contributed by atoms with Crippen LogP contribution in [-0.2, 0) is 0 Å². The van der Waals surface area contributed by atoms with Gasteiger partial charge in [0.05, 0.1) is 0 Å². The molecule has 0 radical (unpaired) electrons. The van der Waals surface area contributed by atoms with Crippen LogP contribution >= 0.6 is 12.2 Å². The van der Waals surface area contributed by atoms with E-state index in [9.17, 15) is 0 Å². The van der Waals surface area contributed by atoms with Crippen molar-refractivity contribution in [2.75, 3.05) is 30.4 Å². The summed E-state index contributed by atoms with van der Waals surface area (Å²) in [6, 6.07) is 15.9. The second-order valence-corrected chi connectivity index (χ2v) is 8.75. The molecule has 2 unspecified atom stereocenters. The molecule has 1 saturated heterocycles. The van der Waals surface area contributed by atoms with E-state index in [0.29, 0.717) is 17.9 Å². The molecule has 142 valence electrons. The van der Waals surface area contributed by atoms with Gasteiger partial charge in [-0.15, -0.1) is 0 Å². The second-order valence-electron chi connectivity index (χ2n) is 8.36. The number of likely N-dealkylation sites (tertiary alicyclic amines) is 1. The predicted octanol–water partition coefficient (Wildman–Crippen LogP) is 5.12. The molecule has 1 fully saturated rings. The molecule has 0 aliphatic carbocycles. The van der Waals surface area contributed by atoms with Gasteiger partial charge in [0.25, 0.3) is 0 Å². The van der Waals surface area contributed by atoms with Crippen LogP contribution < -0.4 is 10.2 Å². The molecule has 4 rings (SSSR count). The summed E-state index contributed by atoms with van der Waals surface area (Å²) in [5, 5.41) is 4.31. The fourth-order valence-electron chi connectivity index (χ4n) is 4.48. The van der Waals surface area contributed by atoms with Crippen LogP contribution in [0, 0.1) is 6.92 Å². The Balaban J connectivity index is 1.61. The van der Waals surface area contributed by atoms with Crippen molar-refractivity contribution < 1.29 is 0 Å². The van der Waals surface area contributed by atoms with Crippen molar-refractivity contribution in [2.24, 2.45) is 0 Å². The van der Waals surface area contributed by atoms with Gasteiger partial charge in [-0.3, -0.25) is 0 Å². The van der Waals surface area contributed by atoms with E-state index in [1.54, 1.807) is 0 Å². The van der Waals surface area contributed by atoms with Gasteiger partial charge in [-0.05, 0) is 74.4 Å². The van der Waals surface area contributed by atoms with Crippen molar-refractivity contribution in [3.05, 3.63) is 59.2 Å². The molecule has 2 atom stereocenters. The topological polar surface area (TPSA) is 18.5 Å². The number of fused-ring (bicyclic) bond motifs is 3. The number of aryl methyl sites for hydroxylation is 1. The Hall–Kier alpha value is -1.91. The molecule has 0 aromatic heterocycles. The van der Waals surface area contributed by atoms with Crippen LogP contribution in [-0.4, -0.2) is 36.2 Å². The van der Waals surface area contributed by atoms with E-state index >= 15 is 0 Å². The average Bonchev–Trinajstić information content (AvgIpc) is 2.95. The third kappa shape index (κ3) is 3.48. The first-order chi connectivity index (χ1) is 12.9. The lowest BCUT2D eigenvalue weighted by molar-refractivity contribution is 0.237. The van der Waals surface area contributed by atoms with Crippen LogP contribution in [0.4, 0.5) is 11.4 Å². The number of thiocarbonyl (C=S) groups is 1. The minimum atomic E-state index is 0.452. The number of piperidine rings is 1. The fourth-order valence-corrected chi connectivity index (χ4v) is 4.83. The number of anilines is 2. The highest BCUT2D eigenvalue weighted by atomic mass is 32.1. The second kappa shape index (κ2) is 7.25. The van der Waals surface area contributed by atoms with E-state index in [2.05, 4.69) is 85.4 Å². The van der Waals surface area contributed by atoms with Crippen LogP contribution in [0.3, 0.4) is 0 Å². The highest BCUT2D eigenvalue weighted by Crippen LogP contribution is 2.45. The van der Waals surface area contributed by atoms with Gasteiger partial charge in [0.15, 0.2) is 5.11 Å². The summed E-state index contributed by atoms with van der Waals surface area (Å²) < 4.78 is 0. The number of benzene rings is 2. The largest absolute Gasteiger partial charge is 0.332 e. The van der Waals surface area contributed by atoms with Crippen molar-refractivity contribution in [1.82, 2.24) is 4.90 Å². The number of nitrogens with one attached hydrogen (secondary N) is 1. The average molecular weight is 380 g/mol. The molecule has 27 heavy (non-hydrogen) atoms. The molecule has 2 aromatic rings. The van der Waals surface area contributed by atoms with E-state index < -0.39 is 0 Å². The number of likely N-dealkylation sites (N-methyl/N-ethyl adjacent to an activating group) is 1. The summed E-state index contributed by atoms with van der Waals surface area (Å²) in [6.45, 7) is 8.84. The Morgan fingerprint density at radius 2 is 1.89 bits per heavy atom. The maximum Gasteiger partial charge on any atom is 0.178 e. The van der Waals surface area contributed by atoms with E-state index in [0.717, 1.165) is 30.3 Å². The van der Waals surface area contributed by atoms with Crippen molar-refractivity contribution in [1.29, 1.82) is 0 Å². The van der Waals surface area contributed by atoms with E-state index in [1.165, 1.54) is 22.4 Å². The molecule has 2 heterocycles. The maximum absolute atomic E-state index is 5.89. The van der Waals surface area contributed by atoms with Crippen molar-refractivity contribution in [3.63, 3.8) is 0 Å². The van der Waals surface area contributed by atoms with Crippen LogP contribution in [0.1, 0.15) is 48.8 Å². The summed E-state index contributed by atoms with van der Waals surface area (Å²) in [5.41, 5.74) is 6.47. The van der Waals surface area contributed by atoms with E-state index in [-0.39, 0.29) is 0 Å². The summed E-state index contributed by atoms with van der Waals surface area (Å²) in [4.78, 5) is 4.82. The number of rotatable bonds is 2. The predicted molar refractivity (Wildman–Crippen MR) is 119 cm³/mol.